The van der Waals surface area contributed by atoms with Crippen molar-refractivity contribution in [3.63, 3.8) is 0 Å². The van der Waals surface area contributed by atoms with Crippen molar-refractivity contribution in [3.8, 4) is 0 Å². The molecule has 0 saturated carbocycles. The molecule has 0 spiro atoms. The molecule has 0 radical (unpaired) electrons. The highest BCUT2D eigenvalue weighted by Crippen LogP contribution is 2.28. The Kier molecular flexibility index (Phi) is 7.87. The van der Waals surface area contributed by atoms with E-state index in [-0.39, 0.29) is 18.3 Å². The summed E-state index contributed by atoms with van der Waals surface area (Å²) in [6, 6.07) is 0. The minimum absolute atomic E-state index is 0.0534. The number of hydrogen-bond donors (Lipinski definition) is 2. The van der Waals surface area contributed by atoms with Crippen molar-refractivity contribution in [1.82, 2.24) is 0 Å². The van der Waals surface area contributed by atoms with Gasteiger partial charge in [-0.1, -0.05) is 52.4 Å². The van der Waals surface area contributed by atoms with Crippen molar-refractivity contribution in [2.75, 3.05) is 0 Å². The maximum Gasteiger partial charge on any atom is 0.0864 e. The summed E-state index contributed by atoms with van der Waals surface area (Å²) in [5.41, 5.74) is 0. The van der Waals surface area contributed by atoms with Gasteiger partial charge in [-0.2, -0.15) is 0 Å². The molecule has 0 aromatic rings. The van der Waals surface area contributed by atoms with Crippen LogP contribution in [0.2, 0.25) is 0 Å². The zero-order valence-corrected chi connectivity index (χ0v) is 12.0. The molecule has 2 N–H and O–H groups in total. The van der Waals surface area contributed by atoms with Crippen LogP contribution in [0.3, 0.4) is 0 Å². The lowest BCUT2D eigenvalue weighted by Crippen LogP contribution is -2.26. The number of aliphatic hydroxyl groups excluding tert-OH is 2. The third kappa shape index (κ3) is 5.25. The van der Waals surface area contributed by atoms with Crippen LogP contribution in [-0.4, -0.2) is 34.6 Å². The smallest absolute Gasteiger partial charge is 0.0864 e. The second-order valence-electron chi connectivity index (χ2n) is 5.57. The van der Waals surface area contributed by atoms with E-state index in [1.54, 1.807) is 0 Å². The zero-order valence-electron chi connectivity index (χ0n) is 12.0. The van der Waals surface area contributed by atoms with E-state index < -0.39 is 6.10 Å². The fraction of sp³-hybridized carbons (Fsp3) is 1.00. The van der Waals surface area contributed by atoms with Crippen LogP contribution in [0.5, 0.6) is 0 Å². The van der Waals surface area contributed by atoms with Gasteiger partial charge in [-0.25, -0.2) is 0 Å². The molecule has 18 heavy (non-hydrogen) atoms. The molecule has 0 bridgehead atoms. The summed E-state index contributed by atoms with van der Waals surface area (Å²) in [5, 5.41) is 20.0. The molecular weight excluding hydrogens is 228 g/mol. The van der Waals surface area contributed by atoms with Crippen LogP contribution in [0.1, 0.15) is 71.6 Å². The Morgan fingerprint density at radius 1 is 1.11 bits per heavy atom. The van der Waals surface area contributed by atoms with Gasteiger partial charge in [0.1, 0.15) is 0 Å². The first-order valence-corrected chi connectivity index (χ1v) is 7.70. The van der Waals surface area contributed by atoms with E-state index in [9.17, 15) is 10.2 Å². The molecule has 0 aromatic carbocycles. The van der Waals surface area contributed by atoms with E-state index in [0.717, 1.165) is 32.1 Å². The van der Waals surface area contributed by atoms with Crippen LogP contribution in [0.4, 0.5) is 0 Å². The lowest BCUT2D eigenvalue weighted by atomic mass is 10.0. The number of ether oxygens (including phenoxy) is 1. The minimum Gasteiger partial charge on any atom is -0.390 e. The van der Waals surface area contributed by atoms with Crippen LogP contribution in [0, 0.1) is 0 Å². The number of rotatable bonds is 9. The molecule has 3 nitrogen and oxygen atoms in total. The molecule has 0 aromatic heterocycles. The number of aliphatic hydroxyl groups is 2. The second-order valence-corrected chi connectivity index (χ2v) is 5.57. The number of unbranched alkanes of at least 4 members (excludes halogenated alkanes) is 4. The first-order chi connectivity index (χ1) is 8.69. The molecule has 0 aliphatic carbocycles. The highest BCUT2D eigenvalue weighted by molar-refractivity contribution is 4.85. The molecule has 0 unspecified atom stereocenters. The second kappa shape index (κ2) is 8.89. The van der Waals surface area contributed by atoms with Crippen LogP contribution in [-0.2, 0) is 4.74 Å². The standard InChI is InChI=1S/C15H30O3/c1-3-5-7-9-12(16)15-11-13(17)14(18-15)10-8-6-4-2/h12-17H,3-11H2,1-2H3/t12-,13-,14-,15+/m0/s1. The quantitative estimate of drug-likeness (QED) is 0.625. The molecule has 1 saturated heterocycles. The third-order valence-electron chi connectivity index (χ3n) is 3.88. The van der Waals surface area contributed by atoms with Crippen LogP contribution < -0.4 is 0 Å². The topological polar surface area (TPSA) is 49.7 Å². The fourth-order valence-electron chi connectivity index (χ4n) is 2.65. The highest BCUT2D eigenvalue weighted by Gasteiger charge is 2.36. The Bertz CT molecular complexity index is 208. The summed E-state index contributed by atoms with van der Waals surface area (Å²) in [5.74, 6) is 0. The average molecular weight is 258 g/mol. The largest absolute Gasteiger partial charge is 0.390 e. The molecule has 1 aliphatic rings. The minimum atomic E-state index is -0.401. The van der Waals surface area contributed by atoms with Gasteiger partial charge in [0.2, 0.25) is 0 Å². The molecule has 1 aliphatic heterocycles. The van der Waals surface area contributed by atoms with E-state index in [2.05, 4.69) is 13.8 Å². The van der Waals surface area contributed by atoms with Crippen molar-refractivity contribution in [3.05, 3.63) is 0 Å². The van der Waals surface area contributed by atoms with Crippen molar-refractivity contribution >= 4 is 0 Å². The molecule has 1 rings (SSSR count). The van der Waals surface area contributed by atoms with E-state index in [1.807, 2.05) is 0 Å². The summed E-state index contributed by atoms with van der Waals surface area (Å²) in [7, 11) is 0. The molecule has 1 heterocycles. The van der Waals surface area contributed by atoms with Crippen molar-refractivity contribution < 1.29 is 14.9 Å². The fourth-order valence-corrected chi connectivity index (χ4v) is 2.65. The van der Waals surface area contributed by atoms with E-state index in [4.69, 9.17) is 4.74 Å². The van der Waals surface area contributed by atoms with Gasteiger partial charge in [0.15, 0.2) is 0 Å². The van der Waals surface area contributed by atoms with Gasteiger partial charge in [-0.3, -0.25) is 0 Å². The SMILES string of the molecule is CCCCC[C@@H]1O[C@@H]([C@@H](O)CCCCC)C[C@@H]1O. The van der Waals surface area contributed by atoms with E-state index in [1.165, 1.54) is 19.3 Å². The third-order valence-corrected chi connectivity index (χ3v) is 3.88. The van der Waals surface area contributed by atoms with Gasteiger partial charge in [0, 0.05) is 6.42 Å². The normalized spacial score (nSPS) is 29.7. The van der Waals surface area contributed by atoms with Gasteiger partial charge in [0.05, 0.1) is 24.4 Å². The van der Waals surface area contributed by atoms with Crippen LogP contribution in [0.15, 0.2) is 0 Å². The van der Waals surface area contributed by atoms with Gasteiger partial charge in [-0.15, -0.1) is 0 Å². The molecular formula is C15H30O3. The van der Waals surface area contributed by atoms with Crippen LogP contribution >= 0.6 is 0 Å². The monoisotopic (exact) mass is 258 g/mol. The highest BCUT2D eigenvalue weighted by atomic mass is 16.5. The maximum absolute atomic E-state index is 10.0. The van der Waals surface area contributed by atoms with Crippen molar-refractivity contribution in [1.29, 1.82) is 0 Å². The zero-order chi connectivity index (χ0) is 13.4. The first kappa shape index (κ1) is 15.9. The van der Waals surface area contributed by atoms with Gasteiger partial charge in [0.25, 0.3) is 0 Å². The van der Waals surface area contributed by atoms with Crippen LogP contribution in [0.25, 0.3) is 0 Å². The Labute approximate surface area is 112 Å². The number of hydrogen-bond acceptors (Lipinski definition) is 3. The predicted molar refractivity (Wildman–Crippen MR) is 73.6 cm³/mol. The van der Waals surface area contributed by atoms with Crippen molar-refractivity contribution in [2.45, 2.75) is 96.1 Å². The molecule has 108 valence electrons. The summed E-state index contributed by atoms with van der Waals surface area (Å²) in [6.45, 7) is 4.33. The van der Waals surface area contributed by atoms with E-state index in [0.29, 0.717) is 6.42 Å². The maximum atomic E-state index is 10.0. The molecule has 1 fully saturated rings. The lowest BCUT2D eigenvalue weighted by Gasteiger charge is -2.19. The van der Waals surface area contributed by atoms with E-state index >= 15 is 0 Å². The molecule has 4 atom stereocenters. The molecule has 0 amide bonds. The summed E-state index contributed by atoms with van der Waals surface area (Å²) >= 11 is 0. The summed E-state index contributed by atoms with van der Waals surface area (Å²) in [6.07, 6.45) is 8.20. The lowest BCUT2D eigenvalue weighted by molar-refractivity contribution is -0.0498. The Balaban J connectivity index is 2.24. The van der Waals surface area contributed by atoms with Gasteiger partial charge in [-0.05, 0) is 12.8 Å². The Hall–Kier alpha value is -0.120. The average Bonchev–Trinajstić information content (AvgIpc) is 2.72. The van der Waals surface area contributed by atoms with Crippen molar-refractivity contribution in [2.24, 2.45) is 0 Å². The summed E-state index contributed by atoms with van der Waals surface area (Å²) < 4.78 is 5.81. The Morgan fingerprint density at radius 3 is 2.44 bits per heavy atom. The van der Waals surface area contributed by atoms with Gasteiger partial charge < -0.3 is 14.9 Å². The Morgan fingerprint density at radius 2 is 1.78 bits per heavy atom. The predicted octanol–water partition coefficient (Wildman–Crippen LogP) is 3.03. The first-order valence-electron chi connectivity index (χ1n) is 7.70. The molecule has 3 heteroatoms. The summed E-state index contributed by atoms with van der Waals surface area (Å²) in [4.78, 5) is 0. The van der Waals surface area contributed by atoms with Gasteiger partial charge >= 0.3 is 0 Å².